The van der Waals surface area contributed by atoms with Gasteiger partial charge in [-0.15, -0.1) is 0 Å². The molecule has 4 nitrogen and oxygen atoms in total. The fraction of sp³-hybridized carbons (Fsp3) is 0.364. The Labute approximate surface area is 159 Å². The first kappa shape index (κ1) is 19.1. The Morgan fingerprint density at radius 3 is 2.37 bits per heavy atom. The van der Waals surface area contributed by atoms with Gasteiger partial charge in [0.2, 0.25) is 5.91 Å². The van der Waals surface area contributed by atoms with Crippen molar-refractivity contribution in [2.75, 3.05) is 5.32 Å². The van der Waals surface area contributed by atoms with E-state index in [1.54, 1.807) is 36.4 Å². The van der Waals surface area contributed by atoms with Crippen LogP contribution in [0.1, 0.15) is 49.0 Å². The van der Waals surface area contributed by atoms with Crippen molar-refractivity contribution < 1.29 is 14.0 Å². The summed E-state index contributed by atoms with van der Waals surface area (Å²) < 4.78 is 13.1. The molecule has 0 bridgehead atoms. The van der Waals surface area contributed by atoms with E-state index in [1.165, 1.54) is 19.1 Å². The fourth-order valence-corrected chi connectivity index (χ4v) is 3.75. The predicted molar refractivity (Wildman–Crippen MR) is 104 cm³/mol. The minimum atomic E-state index is -0.229. The third-order valence-corrected chi connectivity index (χ3v) is 5.15. The van der Waals surface area contributed by atoms with Gasteiger partial charge in [-0.1, -0.05) is 12.1 Å². The third-order valence-electron chi connectivity index (χ3n) is 5.15. The van der Waals surface area contributed by atoms with Crippen molar-refractivity contribution in [3.63, 3.8) is 0 Å². The van der Waals surface area contributed by atoms with E-state index >= 15 is 0 Å². The number of likely N-dealkylation sites (tertiary alicyclic amines) is 1. The van der Waals surface area contributed by atoms with E-state index in [0.29, 0.717) is 11.3 Å². The van der Waals surface area contributed by atoms with E-state index in [2.05, 4.69) is 12.2 Å². The molecule has 5 heteroatoms. The van der Waals surface area contributed by atoms with Crippen molar-refractivity contribution in [3.8, 4) is 0 Å². The molecule has 3 rings (SSSR count). The Balaban J connectivity index is 1.67. The van der Waals surface area contributed by atoms with Crippen LogP contribution in [0.5, 0.6) is 0 Å². The number of nitrogens with zero attached hydrogens (tertiary/aromatic N) is 1. The molecule has 1 aliphatic heterocycles. The molecule has 1 N–H and O–H groups in total. The van der Waals surface area contributed by atoms with Gasteiger partial charge in [-0.05, 0) is 74.6 Å². The van der Waals surface area contributed by atoms with E-state index in [4.69, 9.17) is 0 Å². The summed E-state index contributed by atoms with van der Waals surface area (Å²) in [5.74, 6) is -0.339. The van der Waals surface area contributed by atoms with Gasteiger partial charge in [0, 0.05) is 30.3 Å². The van der Waals surface area contributed by atoms with E-state index in [-0.39, 0.29) is 29.7 Å². The molecule has 1 fully saturated rings. The summed E-state index contributed by atoms with van der Waals surface area (Å²) >= 11 is 0. The van der Waals surface area contributed by atoms with Crippen LogP contribution in [0.2, 0.25) is 0 Å². The molecule has 2 amide bonds. The standard InChI is InChI=1S/C22H25FN2O2/c1-15-3-13-21(14-6-17-4-9-19(23)10-5-17)25(15)22(27)18-7-11-20(12-8-18)24-16(2)26/h4-5,7-12,15,21H,3,6,13-14H2,1-2H3,(H,24,26)/t15-,21-/m1/s1. The maximum absolute atomic E-state index is 13.1. The van der Waals surface area contributed by atoms with Gasteiger partial charge in [-0.25, -0.2) is 4.39 Å². The zero-order valence-electron chi connectivity index (χ0n) is 15.7. The number of carbonyl (C=O) groups excluding carboxylic acids is 2. The average Bonchev–Trinajstić information content (AvgIpc) is 3.01. The summed E-state index contributed by atoms with van der Waals surface area (Å²) in [7, 11) is 0. The monoisotopic (exact) mass is 368 g/mol. The van der Waals surface area contributed by atoms with E-state index in [1.807, 2.05) is 4.90 Å². The van der Waals surface area contributed by atoms with Crippen LogP contribution in [0.15, 0.2) is 48.5 Å². The molecule has 0 spiro atoms. The normalized spacial score (nSPS) is 19.1. The highest BCUT2D eigenvalue weighted by Gasteiger charge is 2.34. The molecule has 0 unspecified atom stereocenters. The van der Waals surface area contributed by atoms with E-state index in [9.17, 15) is 14.0 Å². The van der Waals surface area contributed by atoms with Crippen LogP contribution in [0.4, 0.5) is 10.1 Å². The lowest BCUT2D eigenvalue weighted by Crippen LogP contribution is -2.40. The summed E-state index contributed by atoms with van der Waals surface area (Å²) in [5, 5.41) is 2.71. The number of hydrogen-bond donors (Lipinski definition) is 1. The number of rotatable bonds is 5. The summed E-state index contributed by atoms with van der Waals surface area (Å²) in [6, 6.07) is 14.0. The second-order valence-corrected chi connectivity index (χ2v) is 7.22. The summed E-state index contributed by atoms with van der Waals surface area (Å²) in [5.41, 5.74) is 2.40. The van der Waals surface area contributed by atoms with Crippen LogP contribution in [0.25, 0.3) is 0 Å². The number of carbonyl (C=O) groups is 2. The predicted octanol–water partition coefficient (Wildman–Crippen LogP) is 4.41. The van der Waals surface area contributed by atoms with Gasteiger partial charge < -0.3 is 10.2 Å². The number of halogens is 1. The second-order valence-electron chi connectivity index (χ2n) is 7.22. The number of aryl methyl sites for hydroxylation is 1. The van der Waals surface area contributed by atoms with Crippen molar-refractivity contribution in [1.29, 1.82) is 0 Å². The summed E-state index contributed by atoms with van der Waals surface area (Å²) in [6.45, 7) is 3.54. The van der Waals surface area contributed by atoms with Crippen molar-refractivity contribution in [2.24, 2.45) is 0 Å². The zero-order chi connectivity index (χ0) is 19.4. The topological polar surface area (TPSA) is 49.4 Å². The van der Waals surface area contributed by atoms with Crippen LogP contribution in [-0.4, -0.2) is 28.8 Å². The molecule has 0 saturated carbocycles. The lowest BCUT2D eigenvalue weighted by Gasteiger charge is -2.29. The number of hydrogen-bond acceptors (Lipinski definition) is 2. The molecular formula is C22H25FN2O2. The Morgan fingerprint density at radius 1 is 1.07 bits per heavy atom. The quantitative estimate of drug-likeness (QED) is 0.850. The minimum absolute atomic E-state index is 0.0264. The van der Waals surface area contributed by atoms with Gasteiger partial charge >= 0.3 is 0 Å². The Morgan fingerprint density at radius 2 is 1.74 bits per heavy atom. The number of nitrogens with one attached hydrogen (secondary N) is 1. The van der Waals surface area contributed by atoms with Crippen LogP contribution >= 0.6 is 0 Å². The fourth-order valence-electron chi connectivity index (χ4n) is 3.75. The average molecular weight is 368 g/mol. The van der Waals surface area contributed by atoms with Crippen LogP contribution in [-0.2, 0) is 11.2 Å². The molecule has 1 heterocycles. The summed E-state index contributed by atoms with van der Waals surface area (Å²) in [6.07, 6.45) is 3.66. The highest BCUT2D eigenvalue weighted by Crippen LogP contribution is 2.29. The Bertz CT molecular complexity index is 802. The zero-order valence-corrected chi connectivity index (χ0v) is 15.7. The molecule has 27 heavy (non-hydrogen) atoms. The van der Waals surface area contributed by atoms with Gasteiger partial charge in [-0.3, -0.25) is 9.59 Å². The maximum atomic E-state index is 13.1. The van der Waals surface area contributed by atoms with Gasteiger partial charge in [0.25, 0.3) is 5.91 Å². The molecule has 2 atom stereocenters. The molecule has 0 aromatic heterocycles. The highest BCUT2D eigenvalue weighted by molar-refractivity contribution is 5.96. The van der Waals surface area contributed by atoms with E-state index in [0.717, 1.165) is 31.2 Å². The molecule has 2 aromatic rings. The van der Waals surface area contributed by atoms with Gasteiger partial charge in [0.05, 0.1) is 0 Å². The first-order valence-electron chi connectivity index (χ1n) is 9.39. The molecule has 2 aromatic carbocycles. The number of benzene rings is 2. The Hall–Kier alpha value is -2.69. The largest absolute Gasteiger partial charge is 0.333 e. The Kier molecular flexibility index (Phi) is 5.89. The molecule has 0 radical (unpaired) electrons. The first-order chi connectivity index (χ1) is 12.9. The van der Waals surface area contributed by atoms with E-state index < -0.39 is 0 Å². The number of amides is 2. The van der Waals surface area contributed by atoms with Gasteiger partial charge in [0.1, 0.15) is 5.82 Å². The van der Waals surface area contributed by atoms with Crippen molar-refractivity contribution >= 4 is 17.5 Å². The van der Waals surface area contributed by atoms with Crippen molar-refractivity contribution in [2.45, 2.75) is 51.6 Å². The van der Waals surface area contributed by atoms with Crippen LogP contribution in [0.3, 0.4) is 0 Å². The minimum Gasteiger partial charge on any atom is -0.333 e. The molecule has 142 valence electrons. The lowest BCUT2D eigenvalue weighted by molar-refractivity contribution is -0.114. The number of anilines is 1. The van der Waals surface area contributed by atoms with Gasteiger partial charge in [0.15, 0.2) is 0 Å². The highest BCUT2D eigenvalue weighted by atomic mass is 19.1. The molecule has 1 aliphatic rings. The molecular weight excluding hydrogens is 343 g/mol. The third kappa shape index (κ3) is 4.73. The SMILES string of the molecule is CC(=O)Nc1ccc(C(=O)N2[C@@H](CCc3ccc(F)cc3)CC[C@H]2C)cc1. The first-order valence-corrected chi connectivity index (χ1v) is 9.39. The summed E-state index contributed by atoms with van der Waals surface area (Å²) in [4.78, 5) is 26.2. The van der Waals surface area contributed by atoms with Crippen LogP contribution < -0.4 is 5.32 Å². The lowest BCUT2D eigenvalue weighted by atomic mass is 10.0. The second kappa shape index (κ2) is 8.33. The smallest absolute Gasteiger partial charge is 0.254 e. The van der Waals surface area contributed by atoms with Crippen molar-refractivity contribution in [3.05, 3.63) is 65.5 Å². The van der Waals surface area contributed by atoms with Crippen LogP contribution in [0, 0.1) is 5.82 Å². The van der Waals surface area contributed by atoms with Gasteiger partial charge in [-0.2, -0.15) is 0 Å². The molecule has 1 saturated heterocycles. The molecule has 0 aliphatic carbocycles. The van der Waals surface area contributed by atoms with Crippen molar-refractivity contribution in [1.82, 2.24) is 4.90 Å². The maximum Gasteiger partial charge on any atom is 0.254 e.